The predicted octanol–water partition coefficient (Wildman–Crippen LogP) is 3.38. The number of rotatable bonds is 6. The zero-order valence-corrected chi connectivity index (χ0v) is 15.8. The summed E-state index contributed by atoms with van der Waals surface area (Å²) < 4.78 is 5.42. The molecular weight excluding hydrogens is 332 g/mol. The quantitative estimate of drug-likeness (QED) is 0.861. The number of thiophene rings is 1. The molecule has 0 saturated carbocycles. The van der Waals surface area contributed by atoms with Crippen molar-refractivity contribution in [1.29, 1.82) is 0 Å². The van der Waals surface area contributed by atoms with E-state index in [1.54, 1.807) is 11.3 Å². The summed E-state index contributed by atoms with van der Waals surface area (Å²) in [5, 5.41) is 3.09. The van der Waals surface area contributed by atoms with Crippen LogP contribution >= 0.6 is 11.3 Å². The fourth-order valence-electron chi connectivity index (χ4n) is 3.13. The maximum Gasteiger partial charge on any atom is 0.261 e. The number of amides is 1. The summed E-state index contributed by atoms with van der Waals surface area (Å²) >= 11 is 1.60. The van der Waals surface area contributed by atoms with Crippen molar-refractivity contribution in [3.63, 3.8) is 0 Å². The molecule has 0 radical (unpaired) electrons. The SMILES string of the molecule is CCc1sc(C(=O)NCc2ccccc2CN2CCOCC2)cc1C. The predicted molar refractivity (Wildman–Crippen MR) is 102 cm³/mol. The van der Waals surface area contributed by atoms with Crippen LogP contribution in [0.3, 0.4) is 0 Å². The molecule has 2 aromatic rings. The second-order valence-electron chi connectivity index (χ2n) is 6.41. The van der Waals surface area contributed by atoms with Crippen LogP contribution in [0.4, 0.5) is 0 Å². The number of benzene rings is 1. The van der Waals surface area contributed by atoms with Gasteiger partial charge in [0.1, 0.15) is 0 Å². The summed E-state index contributed by atoms with van der Waals surface area (Å²) in [5.74, 6) is 0.0222. The molecule has 0 unspecified atom stereocenters. The van der Waals surface area contributed by atoms with Gasteiger partial charge in [0.15, 0.2) is 0 Å². The average molecular weight is 359 g/mol. The van der Waals surface area contributed by atoms with E-state index in [4.69, 9.17) is 4.74 Å². The van der Waals surface area contributed by atoms with Crippen molar-refractivity contribution in [3.05, 3.63) is 56.8 Å². The third-order valence-corrected chi connectivity index (χ3v) is 6.00. The van der Waals surface area contributed by atoms with Crippen LogP contribution in [-0.2, 0) is 24.2 Å². The fourth-order valence-corrected chi connectivity index (χ4v) is 4.16. The van der Waals surface area contributed by atoms with E-state index in [0.29, 0.717) is 6.54 Å². The minimum absolute atomic E-state index is 0.0222. The van der Waals surface area contributed by atoms with Crippen molar-refractivity contribution in [1.82, 2.24) is 10.2 Å². The molecule has 134 valence electrons. The number of aryl methyl sites for hydroxylation is 2. The maximum atomic E-state index is 12.5. The van der Waals surface area contributed by atoms with Crippen molar-refractivity contribution in [2.24, 2.45) is 0 Å². The van der Waals surface area contributed by atoms with Gasteiger partial charge < -0.3 is 10.1 Å². The lowest BCUT2D eigenvalue weighted by Gasteiger charge is -2.27. The number of nitrogens with one attached hydrogen (secondary N) is 1. The smallest absolute Gasteiger partial charge is 0.261 e. The third kappa shape index (κ3) is 4.69. The van der Waals surface area contributed by atoms with E-state index in [0.717, 1.165) is 44.1 Å². The Morgan fingerprint density at radius 2 is 1.96 bits per heavy atom. The minimum Gasteiger partial charge on any atom is -0.379 e. The van der Waals surface area contributed by atoms with Gasteiger partial charge in [-0.2, -0.15) is 0 Å². The molecule has 4 nitrogen and oxygen atoms in total. The van der Waals surface area contributed by atoms with Crippen molar-refractivity contribution >= 4 is 17.2 Å². The highest BCUT2D eigenvalue weighted by Gasteiger charge is 2.14. The Hall–Kier alpha value is -1.69. The number of carbonyl (C=O) groups is 1. The summed E-state index contributed by atoms with van der Waals surface area (Å²) in [5.41, 5.74) is 3.68. The Morgan fingerprint density at radius 3 is 2.64 bits per heavy atom. The normalized spacial score (nSPS) is 15.3. The van der Waals surface area contributed by atoms with Crippen LogP contribution in [-0.4, -0.2) is 37.1 Å². The van der Waals surface area contributed by atoms with Gasteiger partial charge in [-0.3, -0.25) is 9.69 Å². The Kier molecular flexibility index (Phi) is 6.24. The molecule has 1 aliphatic rings. The molecule has 1 saturated heterocycles. The monoisotopic (exact) mass is 358 g/mol. The molecule has 1 amide bonds. The Balaban J connectivity index is 1.63. The number of morpholine rings is 1. The van der Waals surface area contributed by atoms with Crippen LogP contribution in [0.1, 0.15) is 38.2 Å². The molecule has 1 aromatic heterocycles. The lowest BCUT2D eigenvalue weighted by atomic mass is 10.1. The van der Waals surface area contributed by atoms with Gasteiger partial charge in [0.25, 0.3) is 5.91 Å². The van der Waals surface area contributed by atoms with Gasteiger partial charge in [0.2, 0.25) is 0 Å². The zero-order chi connectivity index (χ0) is 17.6. The summed E-state index contributed by atoms with van der Waals surface area (Å²) in [6.07, 6.45) is 0.978. The lowest BCUT2D eigenvalue weighted by Crippen LogP contribution is -2.36. The highest BCUT2D eigenvalue weighted by Crippen LogP contribution is 2.22. The van der Waals surface area contributed by atoms with Gasteiger partial charge in [-0.05, 0) is 36.1 Å². The second kappa shape index (κ2) is 8.61. The molecule has 1 aromatic carbocycles. The molecule has 2 heterocycles. The summed E-state index contributed by atoms with van der Waals surface area (Å²) in [7, 11) is 0. The fraction of sp³-hybridized carbons (Fsp3) is 0.450. The van der Waals surface area contributed by atoms with E-state index in [2.05, 4.69) is 42.3 Å². The van der Waals surface area contributed by atoms with Crippen LogP contribution in [0.2, 0.25) is 0 Å². The molecule has 1 fully saturated rings. The average Bonchev–Trinajstić information content (AvgIpc) is 3.02. The van der Waals surface area contributed by atoms with Gasteiger partial charge in [0, 0.05) is 31.1 Å². The van der Waals surface area contributed by atoms with Gasteiger partial charge >= 0.3 is 0 Å². The molecule has 25 heavy (non-hydrogen) atoms. The molecule has 1 aliphatic heterocycles. The third-order valence-electron chi connectivity index (χ3n) is 4.62. The summed E-state index contributed by atoms with van der Waals surface area (Å²) in [6.45, 7) is 9.22. The van der Waals surface area contributed by atoms with Crippen LogP contribution in [0.15, 0.2) is 30.3 Å². The highest BCUT2D eigenvalue weighted by molar-refractivity contribution is 7.14. The Morgan fingerprint density at radius 1 is 1.24 bits per heavy atom. The lowest BCUT2D eigenvalue weighted by molar-refractivity contribution is 0.0340. The number of hydrogen-bond donors (Lipinski definition) is 1. The molecule has 0 spiro atoms. The standard InChI is InChI=1S/C20H26N2O2S/c1-3-18-15(2)12-19(25-18)20(23)21-13-16-6-4-5-7-17(16)14-22-8-10-24-11-9-22/h4-7,12H,3,8-11,13-14H2,1-2H3,(H,21,23). The van der Waals surface area contributed by atoms with E-state index in [9.17, 15) is 4.79 Å². The molecule has 3 rings (SSSR count). The number of carbonyl (C=O) groups excluding carboxylic acids is 1. The first kappa shape index (κ1) is 18.1. The van der Waals surface area contributed by atoms with Gasteiger partial charge in [-0.1, -0.05) is 31.2 Å². The minimum atomic E-state index is 0.0222. The van der Waals surface area contributed by atoms with Gasteiger partial charge in [-0.25, -0.2) is 0 Å². The van der Waals surface area contributed by atoms with Crippen molar-refractivity contribution < 1.29 is 9.53 Å². The summed E-state index contributed by atoms with van der Waals surface area (Å²) in [6, 6.07) is 10.4. The van der Waals surface area contributed by atoms with Crippen molar-refractivity contribution in [3.8, 4) is 0 Å². The Labute approximate surface area is 153 Å². The van der Waals surface area contributed by atoms with Crippen molar-refractivity contribution in [2.45, 2.75) is 33.4 Å². The first-order valence-corrected chi connectivity index (χ1v) is 9.73. The number of ether oxygens (including phenoxy) is 1. The maximum absolute atomic E-state index is 12.5. The Bertz CT molecular complexity index is 720. The number of nitrogens with zero attached hydrogens (tertiary/aromatic N) is 1. The first-order chi connectivity index (χ1) is 12.2. The molecule has 0 aliphatic carbocycles. The largest absolute Gasteiger partial charge is 0.379 e. The van der Waals surface area contributed by atoms with Crippen LogP contribution < -0.4 is 5.32 Å². The highest BCUT2D eigenvalue weighted by atomic mass is 32.1. The van der Waals surface area contributed by atoms with E-state index < -0.39 is 0 Å². The topological polar surface area (TPSA) is 41.6 Å². The second-order valence-corrected chi connectivity index (χ2v) is 7.55. The molecule has 0 atom stereocenters. The van der Waals surface area contributed by atoms with Crippen molar-refractivity contribution in [2.75, 3.05) is 26.3 Å². The van der Waals surface area contributed by atoms with E-state index in [-0.39, 0.29) is 5.91 Å². The van der Waals surface area contributed by atoms with Gasteiger partial charge in [0.05, 0.1) is 18.1 Å². The van der Waals surface area contributed by atoms with E-state index in [1.807, 2.05) is 12.1 Å². The van der Waals surface area contributed by atoms with E-state index >= 15 is 0 Å². The molecular formula is C20H26N2O2S. The molecule has 5 heteroatoms. The van der Waals surface area contributed by atoms with Gasteiger partial charge in [-0.15, -0.1) is 11.3 Å². The van der Waals surface area contributed by atoms with Crippen LogP contribution in [0, 0.1) is 6.92 Å². The molecule has 0 bridgehead atoms. The zero-order valence-electron chi connectivity index (χ0n) is 15.0. The first-order valence-electron chi connectivity index (χ1n) is 8.91. The van der Waals surface area contributed by atoms with Crippen LogP contribution in [0.5, 0.6) is 0 Å². The number of hydrogen-bond acceptors (Lipinski definition) is 4. The van der Waals surface area contributed by atoms with E-state index in [1.165, 1.54) is 21.6 Å². The summed E-state index contributed by atoms with van der Waals surface area (Å²) in [4.78, 5) is 17.0. The van der Waals surface area contributed by atoms with Crippen LogP contribution in [0.25, 0.3) is 0 Å². The molecule has 1 N–H and O–H groups in total.